The van der Waals surface area contributed by atoms with Crippen molar-refractivity contribution in [1.29, 1.82) is 0 Å². The van der Waals surface area contributed by atoms with E-state index in [1.54, 1.807) is 0 Å². The van der Waals surface area contributed by atoms with Gasteiger partial charge in [0.05, 0.1) is 22.4 Å². The summed E-state index contributed by atoms with van der Waals surface area (Å²) < 4.78 is 8.61. The highest BCUT2D eigenvalue weighted by molar-refractivity contribution is 6.25. The van der Waals surface area contributed by atoms with E-state index in [0.717, 1.165) is 72.3 Å². The minimum Gasteiger partial charge on any atom is -0.456 e. The zero-order chi connectivity index (χ0) is 40.7. The van der Waals surface area contributed by atoms with Crippen molar-refractivity contribution in [3.05, 3.63) is 212 Å². The Morgan fingerprint density at radius 3 is 1.56 bits per heavy atom. The average molecular weight is 790 g/mol. The van der Waals surface area contributed by atoms with Crippen LogP contribution < -0.4 is 0 Å². The number of nitrogens with zero attached hydrogens (tertiary/aromatic N) is 3. The lowest BCUT2D eigenvalue weighted by molar-refractivity contribution is 0.669. The highest BCUT2D eigenvalue weighted by Crippen LogP contribution is 2.40. The fraction of sp³-hybridized carbons (Fsp3) is 0. The highest BCUT2D eigenvalue weighted by Gasteiger charge is 2.18. The molecule has 4 heteroatoms. The molecule has 4 nitrogen and oxygen atoms in total. The van der Waals surface area contributed by atoms with Gasteiger partial charge in [-0.1, -0.05) is 152 Å². The van der Waals surface area contributed by atoms with Crippen molar-refractivity contribution in [2.45, 2.75) is 0 Å². The lowest BCUT2D eigenvalue weighted by Crippen LogP contribution is -1.96. The first-order valence-corrected chi connectivity index (χ1v) is 21.1. The van der Waals surface area contributed by atoms with Crippen molar-refractivity contribution in [1.82, 2.24) is 14.5 Å². The lowest BCUT2D eigenvalue weighted by atomic mass is 9.94. The summed E-state index contributed by atoms with van der Waals surface area (Å²) in [6.45, 7) is 0. The predicted octanol–water partition coefficient (Wildman–Crippen LogP) is 15.6. The minimum atomic E-state index is 0.662. The Hall–Kier alpha value is -8.34. The number of hydrogen-bond donors (Lipinski definition) is 0. The molecule has 3 aromatic heterocycles. The van der Waals surface area contributed by atoms with Crippen LogP contribution in [0.1, 0.15) is 0 Å². The van der Waals surface area contributed by atoms with E-state index in [0.29, 0.717) is 5.82 Å². The van der Waals surface area contributed by atoms with Gasteiger partial charge in [0, 0.05) is 43.9 Å². The summed E-state index contributed by atoms with van der Waals surface area (Å²) in [6.07, 6.45) is 0. The first-order chi connectivity index (χ1) is 30.7. The molecule has 3 heterocycles. The van der Waals surface area contributed by atoms with E-state index in [1.807, 2.05) is 24.3 Å². The van der Waals surface area contributed by atoms with E-state index in [-0.39, 0.29) is 0 Å². The fourth-order valence-corrected chi connectivity index (χ4v) is 9.65. The molecule has 0 spiro atoms. The number of furan rings is 1. The van der Waals surface area contributed by atoms with Gasteiger partial charge in [-0.2, -0.15) is 0 Å². The summed E-state index contributed by atoms with van der Waals surface area (Å²) in [5.74, 6) is 0.662. The first kappa shape index (κ1) is 34.5. The molecule has 0 bridgehead atoms. The van der Waals surface area contributed by atoms with Gasteiger partial charge < -0.3 is 8.98 Å². The highest BCUT2D eigenvalue weighted by atomic mass is 16.3. The summed E-state index contributed by atoms with van der Waals surface area (Å²) in [4.78, 5) is 10.6. The third-order valence-corrected chi connectivity index (χ3v) is 12.6. The van der Waals surface area contributed by atoms with Crippen LogP contribution in [-0.4, -0.2) is 14.5 Å². The van der Waals surface area contributed by atoms with Crippen LogP contribution in [0.4, 0.5) is 0 Å². The SMILES string of the molecule is c1ccc(-c2ccc(-c3cc(-c4ccc5c(c4)c4ccccc4n5-c4ccc5c6ccccc6c6ccccc6c5c4)nc(-c4ccc5oc6ccccc6c5c4)n3)cc2)cc1. The summed E-state index contributed by atoms with van der Waals surface area (Å²) in [6, 6.07) is 75.7. The third kappa shape index (κ3) is 5.40. The zero-order valence-corrected chi connectivity index (χ0v) is 33.5. The smallest absolute Gasteiger partial charge is 0.160 e. The number of benzene rings is 10. The Kier molecular flexibility index (Phi) is 7.57. The lowest BCUT2D eigenvalue weighted by Gasteiger charge is -2.14. The van der Waals surface area contributed by atoms with Crippen molar-refractivity contribution >= 4 is 76.1 Å². The van der Waals surface area contributed by atoms with Gasteiger partial charge in [0.25, 0.3) is 0 Å². The van der Waals surface area contributed by atoms with E-state index in [4.69, 9.17) is 14.4 Å². The van der Waals surface area contributed by atoms with Crippen LogP contribution >= 0.6 is 0 Å². The van der Waals surface area contributed by atoms with Gasteiger partial charge in [0.15, 0.2) is 5.82 Å². The monoisotopic (exact) mass is 789 g/mol. The van der Waals surface area contributed by atoms with E-state index >= 15 is 0 Å². The van der Waals surface area contributed by atoms with Crippen molar-refractivity contribution in [3.63, 3.8) is 0 Å². The molecule has 0 radical (unpaired) electrons. The molecule has 0 unspecified atom stereocenters. The first-order valence-electron chi connectivity index (χ1n) is 21.1. The van der Waals surface area contributed by atoms with Crippen LogP contribution in [0.25, 0.3) is 127 Å². The van der Waals surface area contributed by atoms with Crippen LogP contribution in [0.2, 0.25) is 0 Å². The van der Waals surface area contributed by atoms with Gasteiger partial charge in [-0.25, -0.2) is 9.97 Å². The quantitative estimate of drug-likeness (QED) is 0.163. The Morgan fingerprint density at radius 2 is 0.806 bits per heavy atom. The summed E-state index contributed by atoms with van der Waals surface area (Å²) in [5, 5.41) is 12.1. The maximum atomic E-state index is 6.20. The molecule has 13 rings (SSSR count). The molecule has 0 N–H and O–H groups in total. The van der Waals surface area contributed by atoms with Gasteiger partial charge in [-0.3, -0.25) is 0 Å². The number of rotatable bonds is 5. The van der Waals surface area contributed by atoms with Gasteiger partial charge >= 0.3 is 0 Å². The summed E-state index contributed by atoms with van der Waals surface area (Å²) in [5.41, 5.74) is 12.2. The second-order valence-corrected chi connectivity index (χ2v) is 16.1. The molecule has 0 amide bonds. The number of para-hydroxylation sites is 2. The summed E-state index contributed by atoms with van der Waals surface area (Å²) >= 11 is 0. The Bertz CT molecular complexity index is 3880. The predicted molar refractivity (Wildman–Crippen MR) is 258 cm³/mol. The number of hydrogen-bond acceptors (Lipinski definition) is 3. The second kappa shape index (κ2) is 13.6. The Morgan fingerprint density at radius 1 is 0.290 bits per heavy atom. The summed E-state index contributed by atoms with van der Waals surface area (Å²) in [7, 11) is 0. The number of aromatic nitrogens is 3. The molecule has 0 aliphatic rings. The molecule has 13 aromatic rings. The van der Waals surface area contributed by atoms with E-state index in [1.165, 1.54) is 48.7 Å². The van der Waals surface area contributed by atoms with Crippen molar-refractivity contribution in [3.8, 4) is 50.7 Å². The van der Waals surface area contributed by atoms with Crippen molar-refractivity contribution in [2.24, 2.45) is 0 Å². The molecule has 0 saturated carbocycles. The van der Waals surface area contributed by atoms with Gasteiger partial charge in [0.2, 0.25) is 0 Å². The second-order valence-electron chi connectivity index (χ2n) is 16.1. The van der Waals surface area contributed by atoms with Crippen LogP contribution in [0.3, 0.4) is 0 Å². The largest absolute Gasteiger partial charge is 0.456 e. The molecule has 0 atom stereocenters. The third-order valence-electron chi connectivity index (χ3n) is 12.6. The van der Waals surface area contributed by atoms with Crippen LogP contribution in [-0.2, 0) is 0 Å². The molecule has 0 aliphatic heterocycles. The Balaban J connectivity index is 0.994. The maximum absolute atomic E-state index is 6.20. The molecular weight excluding hydrogens is 755 g/mol. The normalized spacial score (nSPS) is 11.9. The van der Waals surface area contributed by atoms with Crippen molar-refractivity contribution < 1.29 is 4.42 Å². The molecular formula is C58H35N3O. The van der Waals surface area contributed by atoms with Crippen LogP contribution in [0, 0.1) is 0 Å². The molecule has 288 valence electrons. The van der Waals surface area contributed by atoms with Crippen molar-refractivity contribution in [2.75, 3.05) is 0 Å². The van der Waals surface area contributed by atoms with E-state index in [9.17, 15) is 0 Å². The fourth-order valence-electron chi connectivity index (χ4n) is 9.65. The Labute approximate surface area is 356 Å². The standard InChI is InChI=1S/C58H35N3O/c1-2-12-36(13-3-1)37-22-24-38(25-23-37)52-35-53(60-58(59-52)40-27-31-57-51(33-40)48-19-9-11-21-56(48)62-57)39-26-30-55-50(32-39)47-18-8-10-20-54(47)61(55)41-28-29-46-44-16-5-4-14-42(44)43-15-6-7-17-45(43)49(46)34-41/h1-35H. The van der Waals surface area contributed by atoms with Gasteiger partial charge in [-0.05, 0) is 104 Å². The van der Waals surface area contributed by atoms with E-state index in [2.05, 4.69) is 193 Å². The minimum absolute atomic E-state index is 0.662. The average Bonchev–Trinajstić information content (AvgIpc) is 3.89. The van der Waals surface area contributed by atoms with E-state index < -0.39 is 0 Å². The maximum Gasteiger partial charge on any atom is 0.160 e. The van der Waals surface area contributed by atoms with Gasteiger partial charge in [-0.15, -0.1) is 0 Å². The van der Waals surface area contributed by atoms with Gasteiger partial charge in [0.1, 0.15) is 11.2 Å². The molecule has 62 heavy (non-hydrogen) atoms. The van der Waals surface area contributed by atoms with Crippen LogP contribution in [0.15, 0.2) is 217 Å². The topological polar surface area (TPSA) is 43.9 Å². The molecule has 0 aliphatic carbocycles. The molecule has 0 fully saturated rings. The van der Waals surface area contributed by atoms with Crippen LogP contribution in [0.5, 0.6) is 0 Å². The zero-order valence-electron chi connectivity index (χ0n) is 33.5. The number of fused-ring (bicyclic) bond motifs is 12. The molecule has 10 aromatic carbocycles. The molecule has 0 saturated heterocycles.